The Hall–Kier alpha value is -0.143. The maximum atomic E-state index is 7.33. The van der Waals surface area contributed by atoms with Crippen LogP contribution in [0.25, 0.3) is 0 Å². The van der Waals surface area contributed by atoms with Crippen LogP contribution in [0.15, 0.2) is 0 Å². The van der Waals surface area contributed by atoms with Gasteiger partial charge in [0.2, 0.25) is 0 Å². The van der Waals surface area contributed by atoms with E-state index >= 15 is 0 Å². The van der Waals surface area contributed by atoms with E-state index in [0.29, 0.717) is 0 Å². The molecule has 0 spiro atoms. The molecular weight excluding hydrogens is 150 g/mol. The molecule has 8 heavy (non-hydrogen) atoms. The summed E-state index contributed by atoms with van der Waals surface area (Å²) in [6.07, 6.45) is 0. The SMILES string of the molecule is N=C=S.O[Si](O)(O)O. The van der Waals surface area contributed by atoms with Gasteiger partial charge in [0, 0.05) is 0 Å². The molecule has 0 unspecified atom stereocenters. The summed E-state index contributed by atoms with van der Waals surface area (Å²) < 4.78 is 0. The van der Waals surface area contributed by atoms with Crippen molar-refractivity contribution >= 4 is 26.4 Å². The van der Waals surface area contributed by atoms with Gasteiger partial charge in [-0.1, -0.05) is 0 Å². The molecule has 0 aliphatic heterocycles. The van der Waals surface area contributed by atoms with Crippen molar-refractivity contribution in [3.05, 3.63) is 0 Å². The van der Waals surface area contributed by atoms with Gasteiger partial charge in [-0.05, 0) is 12.2 Å². The molecule has 0 aliphatic rings. The van der Waals surface area contributed by atoms with Crippen molar-refractivity contribution in [1.29, 1.82) is 5.41 Å². The Labute approximate surface area is 51.8 Å². The molecule has 0 fully saturated rings. The monoisotopic (exact) mass is 155 g/mol. The lowest BCUT2D eigenvalue weighted by Gasteiger charge is -1.91. The van der Waals surface area contributed by atoms with Gasteiger partial charge in [0.15, 0.2) is 0 Å². The van der Waals surface area contributed by atoms with E-state index in [-0.39, 0.29) is 0 Å². The van der Waals surface area contributed by atoms with E-state index in [1.54, 1.807) is 5.16 Å². The molecule has 0 aliphatic carbocycles. The van der Waals surface area contributed by atoms with E-state index in [4.69, 9.17) is 24.6 Å². The van der Waals surface area contributed by atoms with Crippen molar-refractivity contribution in [2.45, 2.75) is 0 Å². The molecule has 5 N–H and O–H groups in total. The molecule has 0 aromatic carbocycles. The van der Waals surface area contributed by atoms with E-state index in [2.05, 4.69) is 12.2 Å². The molecule has 0 aromatic rings. The van der Waals surface area contributed by atoms with Crippen molar-refractivity contribution in [2.75, 3.05) is 0 Å². The first-order chi connectivity index (χ1) is 3.41. The highest BCUT2D eigenvalue weighted by Gasteiger charge is 2.22. The van der Waals surface area contributed by atoms with E-state index < -0.39 is 9.05 Å². The zero-order chi connectivity index (χ0) is 7.21. The summed E-state index contributed by atoms with van der Waals surface area (Å²) in [6, 6.07) is 0. The summed E-state index contributed by atoms with van der Waals surface area (Å²) >= 11 is 3.81. The minimum absolute atomic E-state index is 1.58. The Morgan fingerprint density at radius 1 is 1.25 bits per heavy atom. The van der Waals surface area contributed by atoms with Crippen molar-refractivity contribution in [3.63, 3.8) is 0 Å². The van der Waals surface area contributed by atoms with Gasteiger partial charge in [0.1, 0.15) is 0 Å². The van der Waals surface area contributed by atoms with Gasteiger partial charge in [-0.3, -0.25) is 0 Å². The quantitative estimate of drug-likeness (QED) is 0.159. The molecular formula is CH5NO4SSi. The summed E-state index contributed by atoms with van der Waals surface area (Å²) in [7, 11) is -4.61. The number of hydrogen-bond donors (Lipinski definition) is 5. The highest BCUT2D eigenvalue weighted by atomic mass is 32.1. The second kappa shape index (κ2) is 5.00. The average Bonchev–Trinajstić information content (AvgIpc) is 1.27. The Balaban J connectivity index is 0. The predicted octanol–water partition coefficient (Wildman–Crippen LogP) is -1.94. The largest absolute Gasteiger partial charge is 0.668 e. The lowest BCUT2D eigenvalue weighted by Crippen LogP contribution is -2.33. The summed E-state index contributed by atoms with van der Waals surface area (Å²) in [5.74, 6) is 0. The van der Waals surface area contributed by atoms with Crippen LogP contribution in [0, 0.1) is 5.41 Å². The number of thiocarbonyl (C=S) groups is 1. The summed E-state index contributed by atoms with van der Waals surface area (Å²) in [6.45, 7) is 0. The third-order valence-electron chi connectivity index (χ3n) is 0. The number of hydrogen-bond acceptors (Lipinski definition) is 6. The topological polar surface area (TPSA) is 105 Å². The number of rotatable bonds is 0. The maximum absolute atomic E-state index is 7.33. The highest BCUT2D eigenvalue weighted by molar-refractivity contribution is 7.78. The zero-order valence-electron chi connectivity index (χ0n) is 3.70. The molecule has 0 rings (SSSR count). The molecule has 48 valence electrons. The molecule has 5 nitrogen and oxygen atoms in total. The van der Waals surface area contributed by atoms with Gasteiger partial charge < -0.3 is 19.2 Å². The molecule has 0 saturated carbocycles. The number of nitrogens with one attached hydrogen (secondary N) is 1. The molecule has 0 aromatic heterocycles. The predicted molar refractivity (Wildman–Crippen MR) is 29.9 cm³/mol. The van der Waals surface area contributed by atoms with E-state index in [1.165, 1.54) is 0 Å². The standard InChI is InChI=1S/CHNS.H4O4Si/c2-1-3;1-5(2,3)4/h2H;1-4H. The van der Waals surface area contributed by atoms with Crippen LogP contribution in [0.2, 0.25) is 0 Å². The van der Waals surface area contributed by atoms with Crippen LogP contribution >= 0.6 is 12.2 Å². The van der Waals surface area contributed by atoms with E-state index in [0.717, 1.165) is 0 Å². The van der Waals surface area contributed by atoms with Crippen molar-refractivity contribution in [1.82, 2.24) is 0 Å². The smallest absolute Gasteiger partial charge is 0.368 e. The second-order valence-corrected chi connectivity index (χ2v) is 2.11. The second-order valence-electron chi connectivity index (χ2n) is 0.702. The first-order valence-electron chi connectivity index (χ1n) is 1.35. The van der Waals surface area contributed by atoms with Crippen molar-refractivity contribution < 1.29 is 19.2 Å². The van der Waals surface area contributed by atoms with E-state index in [1.807, 2.05) is 0 Å². The Morgan fingerprint density at radius 2 is 1.25 bits per heavy atom. The van der Waals surface area contributed by atoms with Crippen LogP contribution in [0.1, 0.15) is 0 Å². The molecule has 0 bridgehead atoms. The van der Waals surface area contributed by atoms with Gasteiger partial charge in [0.05, 0.1) is 5.16 Å². The molecule has 0 saturated heterocycles. The normalized spacial score (nSPS) is 8.50. The van der Waals surface area contributed by atoms with Crippen molar-refractivity contribution in [2.24, 2.45) is 0 Å². The van der Waals surface area contributed by atoms with Gasteiger partial charge in [-0.25, -0.2) is 5.41 Å². The fourth-order valence-corrected chi connectivity index (χ4v) is 0. The van der Waals surface area contributed by atoms with Gasteiger partial charge in [-0.2, -0.15) is 0 Å². The van der Waals surface area contributed by atoms with Crippen LogP contribution in [0.5, 0.6) is 0 Å². The van der Waals surface area contributed by atoms with Crippen LogP contribution in [-0.4, -0.2) is 33.4 Å². The molecule has 0 heterocycles. The van der Waals surface area contributed by atoms with Crippen LogP contribution in [0.3, 0.4) is 0 Å². The molecule has 7 heteroatoms. The fourth-order valence-electron chi connectivity index (χ4n) is 0. The number of isothiocyanates is 1. The lowest BCUT2D eigenvalue weighted by molar-refractivity contribution is 0.117. The summed E-state index contributed by atoms with van der Waals surface area (Å²) in [5.41, 5.74) is 0. The first kappa shape index (κ1) is 10.8. The Bertz CT molecular complexity index is 76.5. The Morgan fingerprint density at radius 3 is 1.25 bits per heavy atom. The van der Waals surface area contributed by atoms with Gasteiger partial charge in [0.25, 0.3) is 0 Å². The molecule has 0 radical (unpaired) electrons. The maximum Gasteiger partial charge on any atom is 0.668 e. The lowest BCUT2D eigenvalue weighted by atomic mass is 11.8. The highest BCUT2D eigenvalue weighted by Crippen LogP contribution is 1.67. The zero-order valence-corrected chi connectivity index (χ0v) is 5.51. The summed E-state index contributed by atoms with van der Waals surface area (Å²) in [4.78, 5) is 29.3. The minimum atomic E-state index is -4.61. The Kier molecular flexibility index (Phi) is 6.73. The van der Waals surface area contributed by atoms with Crippen LogP contribution < -0.4 is 0 Å². The minimum Gasteiger partial charge on any atom is -0.368 e. The van der Waals surface area contributed by atoms with Gasteiger partial charge in [-0.15, -0.1) is 0 Å². The third-order valence-corrected chi connectivity index (χ3v) is 0. The van der Waals surface area contributed by atoms with Crippen molar-refractivity contribution in [3.8, 4) is 0 Å². The average molecular weight is 155 g/mol. The van der Waals surface area contributed by atoms with E-state index in [9.17, 15) is 0 Å². The molecule has 0 amide bonds. The first-order valence-corrected chi connectivity index (χ1v) is 3.55. The third kappa shape index (κ3) is 6750. The van der Waals surface area contributed by atoms with Crippen LogP contribution in [0.4, 0.5) is 0 Å². The molecule has 0 atom stereocenters. The van der Waals surface area contributed by atoms with Gasteiger partial charge >= 0.3 is 9.05 Å². The van der Waals surface area contributed by atoms with Crippen LogP contribution in [-0.2, 0) is 0 Å². The fraction of sp³-hybridized carbons (Fsp3) is 0. The summed E-state index contributed by atoms with van der Waals surface area (Å²) in [5, 5.41) is 7.36.